The SMILES string of the molecule is CN=C(NCCc1ccc(C)nc1)NC1CC1C.I. The standard InChI is InChI=1S/C14H22N4.HI/c1-10-8-13(10)18-14(15-3)16-7-6-12-5-4-11(2)17-9-12;/h4-5,9-10,13H,6-8H2,1-3H3,(H2,15,16,18);1H. The number of aromatic nitrogens is 1. The number of hydrogen-bond donors (Lipinski definition) is 2. The number of nitrogens with zero attached hydrogens (tertiary/aromatic N) is 2. The summed E-state index contributed by atoms with van der Waals surface area (Å²) in [4.78, 5) is 8.52. The number of halogens is 1. The highest BCUT2D eigenvalue weighted by Crippen LogP contribution is 2.28. The summed E-state index contributed by atoms with van der Waals surface area (Å²) < 4.78 is 0. The van der Waals surface area contributed by atoms with Gasteiger partial charge in [-0.25, -0.2) is 0 Å². The van der Waals surface area contributed by atoms with Crippen molar-refractivity contribution in [2.24, 2.45) is 10.9 Å². The molecule has 5 heteroatoms. The van der Waals surface area contributed by atoms with Gasteiger partial charge in [-0.2, -0.15) is 0 Å². The van der Waals surface area contributed by atoms with Crippen LogP contribution in [-0.2, 0) is 6.42 Å². The molecular formula is C14H23IN4. The van der Waals surface area contributed by atoms with E-state index in [0.717, 1.165) is 30.5 Å². The normalized spacial score (nSPS) is 21.5. The Morgan fingerprint density at radius 2 is 2.21 bits per heavy atom. The number of rotatable bonds is 4. The summed E-state index contributed by atoms with van der Waals surface area (Å²) in [5.74, 6) is 1.69. The number of nitrogens with one attached hydrogen (secondary N) is 2. The van der Waals surface area contributed by atoms with Crippen molar-refractivity contribution >= 4 is 29.9 Å². The largest absolute Gasteiger partial charge is 0.356 e. The van der Waals surface area contributed by atoms with Gasteiger partial charge in [-0.1, -0.05) is 13.0 Å². The van der Waals surface area contributed by atoms with Crippen molar-refractivity contribution in [3.8, 4) is 0 Å². The molecule has 2 atom stereocenters. The number of aliphatic imine (C=N–C) groups is 1. The maximum atomic E-state index is 4.29. The molecule has 1 aromatic heterocycles. The lowest BCUT2D eigenvalue weighted by atomic mass is 10.2. The summed E-state index contributed by atoms with van der Waals surface area (Å²) in [7, 11) is 1.82. The van der Waals surface area contributed by atoms with Gasteiger partial charge in [0, 0.05) is 31.5 Å². The lowest BCUT2D eigenvalue weighted by Gasteiger charge is -2.11. The zero-order chi connectivity index (χ0) is 13.0. The molecule has 1 saturated carbocycles. The van der Waals surface area contributed by atoms with Gasteiger partial charge in [-0.3, -0.25) is 9.98 Å². The van der Waals surface area contributed by atoms with Crippen molar-refractivity contribution in [1.29, 1.82) is 0 Å². The zero-order valence-corrected chi connectivity index (χ0v) is 14.1. The lowest BCUT2D eigenvalue weighted by Crippen LogP contribution is -2.39. The summed E-state index contributed by atoms with van der Waals surface area (Å²) >= 11 is 0. The summed E-state index contributed by atoms with van der Waals surface area (Å²) in [6, 6.07) is 4.79. The fraction of sp³-hybridized carbons (Fsp3) is 0.571. The van der Waals surface area contributed by atoms with Gasteiger partial charge in [0.25, 0.3) is 0 Å². The van der Waals surface area contributed by atoms with Crippen LogP contribution in [0.1, 0.15) is 24.6 Å². The van der Waals surface area contributed by atoms with Gasteiger partial charge in [0.2, 0.25) is 0 Å². The minimum atomic E-state index is 0. The van der Waals surface area contributed by atoms with Crippen LogP contribution in [0.4, 0.5) is 0 Å². The maximum absolute atomic E-state index is 4.29. The zero-order valence-electron chi connectivity index (χ0n) is 11.8. The Bertz CT molecular complexity index is 416. The third-order valence-electron chi connectivity index (χ3n) is 3.33. The Labute approximate surface area is 132 Å². The average Bonchev–Trinajstić information content (AvgIpc) is 3.06. The van der Waals surface area contributed by atoms with Crippen LogP contribution in [0.5, 0.6) is 0 Å². The first-order chi connectivity index (χ1) is 8.69. The molecule has 0 aromatic carbocycles. The number of hydrogen-bond acceptors (Lipinski definition) is 2. The van der Waals surface area contributed by atoms with Crippen molar-refractivity contribution in [1.82, 2.24) is 15.6 Å². The molecule has 0 bridgehead atoms. The predicted octanol–water partition coefficient (Wildman–Crippen LogP) is 2.12. The van der Waals surface area contributed by atoms with Crippen molar-refractivity contribution in [2.75, 3.05) is 13.6 Å². The quantitative estimate of drug-likeness (QED) is 0.482. The molecule has 2 unspecified atom stereocenters. The second-order valence-electron chi connectivity index (χ2n) is 5.02. The number of pyridine rings is 1. The molecule has 0 spiro atoms. The van der Waals surface area contributed by atoms with Crippen LogP contribution < -0.4 is 10.6 Å². The van der Waals surface area contributed by atoms with E-state index in [9.17, 15) is 0 Å². The van der Waals surface area contributed by atoms with E-state index in [1.54, 1.807) is 0 Å². The molecule has 19 heavy (non-hydrogen) atoms. The summed E-state index contributed by atoms with van der Waals surface area (Å²) in [5, 5.41) is 6.74. The van der Waals surface area contributed by atoms with Gasteiger partial charge in [-0.15, -0.1) is 24.0 Å². The molecule has 0 aliphatic heterocycles. The van der Waals surface area contributed by atoms with Crippen LogP contribution in [0.2, 0.25) is 0 Å². The van der Waals surface area contributed by atoms with Gasteiger partial charge in [0.15, 0.2) is 5.96 Å². The minimum absolute atomic E-state index is 0. The molecule has 106 valence electrons. The Morgan fingerprint density at radius 3 is 2.74 bits per heavy atom. The van der Waals surface area contributed by atoms with Crippen LogP contribution in [0.25, 0.3) is 0 Å². The minimum Gasteiger partial charge on any atom is -0.356 e. The fourth-order valence-electron chi connectivity index (χ4n) is 1.86. The van der Waals surface area contributed by atoms with Gasteiger partial charge in [-0.05, 0) is 37.3 Å². The van der Waals surface area contributed by atoms with E-state index in [0.29, 0.717) is 6.04 Å². The molecule has 1 heterocycles. The fourth-order valence-corrected chi connectivity index (χ4v) is 1.86. The molecule has 1 fully saturated rings. The number of guanidine groups is 1. The molecule has 1 aromatic rings. The summed E-state index contributed by atoms with van der Waals surface area (Å²) in [5.41, 5.74) is 2.32. The van der Waals surface area contributed by atoms with Crippen LogP contribution in [-0.4, -0.2) is 30.6 Å². The highest BCUT2D eigenvalue weighted by atomic mass is 127. The second-order valence-corrected chi connectivity index (χ2v) is 5.02. The first kappa shape index (κ1) is 16.2. The van der Waals surface area contributed by atoms with E-state index in [4.69, 9.17) is 0 Å². The van der Waals surface area contributed by atoms with Crippen LogP contribution in [0.3, 0.4) is 0 Å². The Kier molecular flexibility index (Phi) is 6.54. The highest BCUT2D eigenvalue weighted by molar-refractivity contribution is 14.0. The first-order valence-electron chi connectivity index (χ1n) is 6.57. The second kappa shape index (κ2) is 7.67. The topological polar surface area (TPSA) is 49.3 Å². The first-order valence-corrected chi connectivity index (χ1v) is 6.57. The van der Waals surface area contributed by atoms with Crippen LogP contribution in [0, 0.1) is 12.8 Å². The molecule has 2 rings (SSSR count). The molecule has 4 nitrogen and oxygen atoms in total. The van der Waals surface area contributed by atoms with E-state index >= 15 is 0 Å². The van der Waals surface area contributed by atoms with Crippen molar-refractivity contribution in [3.05, 3.63) is 29.6 Å². The molecule has 0 amide bonds. The average molecular weight is 374 g/mol. The van der Waals surface area contributed by atoms with E-state index in [1.807, 2.05) is 26.2 Å². The van der Waals surface area contributed by atoms with Crippen LogP contribution >= 0.6 is 24.0 Å². The van der Waals surface area contributed by atoms with Crippen molar-refractivity contribution in [2.45, 2.75) is 32.7 Å². The molecule has 2 N–H and O–H groups in total. The number of aryl methyl sites for hydroxylation is 1. The smallest absolute Gasteiger partial charge is 0.191 e. The molecule has 1 aliphatic rings. The Balaban J connectivity index is 0.00000180. The molecule has 0 saturated heterocycles. The summed E-state index contributed by atoms with van der Waals surface area (Å²) in [6.45, 7) is 5.14. The van der Waals surface area contributed by atoms with Gasteiger partial charge in [0.05, 0.1) is 0 Å². The van der Waals surface area contributed by atoms with Crippen molar-refractivity contribution < 1.29 is 0 Å². The predicted molar refractivity (Wildman–Crippen MR) is 90.2 cm³/mol. The Morgan fingerprint density at radius 1 is 1.47 bits per heavy atom. The lowest BCUT2D eigenvalue weighted by molar-refractivity contribution is 0.757. The maximum Gasteiger partial charge on any atom is 0.191 e. The van der Waals surface area contributed by atoms with E-state index in [2.05, 4.69) is 33.6 Å². The van der Waals surface area contributed by atoms with Crippen LogP contribution in [0.15, 0.2) is 23.3 Å². The monoisotopic (exact) mass is 374 g/mol. The van der Waals surface area contributed by atoms with E-state index in [-0.39, 0.29) is 24.0 Å². The van der Waals surface area contributed by atoms with E-state index < -0.39 is 0 Å². The van der Waals surface area contributed by atoms with Gasteiger partial charge in [0.1, 0.15) is 0 Å². The van der Waals surface area contributed by atoms with Gasteiger partial charge < -0.3 is 10.6 Å². The molecular weight excluding hydrogens is 351 g/mol. The van der Waals surface area contributed by atoms with Crippen molar-refractivity contribution in [3.63, 3.8) is 0 Å². The highest BCUT2D eigenvalue weighted by Gasteiger charge is 2.33. The summed E-state index contributed by atoms with van der Waals surface area (Å²) in [6.07, 6.45) is 4.16. The van der Waals surface area contributed by atoms with E-state index in [1.165, 1.54) is 12.0 Å². The molecule has 1 aliphatic carbocycles. The Hall–Kier alpha value is -0.850. The molecule has 0 radical (unpaired) electrons. The third kappa shape index (κ3) is 5.34. The van der Waals surface area contributed by atoms with Gasteiger partial charge >= 0.3 is 0 Å². The third-order valence-corrected chi connectivity index (χ3v) is 3.33.